The quantitative estimate of drug-likeness (QED) is 0.342. The first-order chi connectivity index (χ1) is 18.0. The van der Waals surface area contributed by atoms with Gasteiger partial charge < -0.3 is 5.32 Å². The Bertz CT molecular complexity index is 1450. The number of pyridine rings is 1. The molecule has 1 unspecified atom stereocenters. The zero-order valence-corrected chi connectivity index (χ0v) is 20.8. The average molecular weight is 493 g/mol. The molecule has 0 bridgehead atoms. The molecular formula is C31H29FN4O. The zero-order chi connectivity index (χ0) is 25.4. The predicted octanol–water partition coefficient (Wildman–Crippen LogP) is 6.32. The maximum absolute atomic E-state index is 13.5. The number of benzene rings is 2. The molecule has 0 spiro atoms. The van der Waals surface area contributed by atoms with Crippen LogP contribution in [0.1, 0.15) is 59.4 Å². The van der Waals surface area contributed by atoms with Crippen molar-refractivity contribution in [2.45, 2.75) is 38.6 Å². The van der Waals surface area contributed by atoms with Gasteiger partial charge in [0.25, 0.3) is 5.91 Å². The molecule has 2 aromatic carbocycles. The standard InChI is InChI=1S/C31H29FN4O/c1-31-19-23-20-34-36(27-11-9-26(32)10-12-27)29(23)18-25(31)8-7-24(31)17-28(21-5-3-2-4-6-21)35-30(37)22-13-15-33-16-14-22/h2-6,9-16,18,20,24,28H,7-8,17,19H2,1H3,(H,35,37)/t24-,28?,31-/m1/s1. The van der Waals surface area contributed by atoms with E-state index in [1.165, 1.54) is 23.3 Å². The number of aromatic nitrogens is 3. The summed E-state index contributed by atoms with van der Waals surface area (Å²) in [6.45, 7) is 2.36. The number of carbonyl (C=O) groups is 1. The second-order valence-electron chi connectivity index (χ2n) is 10.4. The average Bonchev–Trinajstić information content (AvgIpc) is 3.47. The molecule has 37 heavy (non-hydrogen) atoms. The highest BCUT2D eigenvalue weighted by Gasteiger charge is 2.46. The van der Waals surface area contributed by atoms with Crippen molar-refractivity contribution < 1.29 is 9.18 Å². The van der Waals surface area contributed by atoms with E-state index in [0.29, 0.717) is 11.5 Å². The van der Waals surface area contributed by atoms with Gasteiger partial charge in [0.1, 0.15) is 5.82 Å². The molecule has 1 N–H and O–H groups in total. The van der Waals surface area contributed by atoms with Crippen molar-refractivity contribution in [3.8, 4) is 5.69 Å². The van der Waals surface area contributed by atoms with E-state index in [4.69, 9.17) is 0 Å². The lowest BCUT2D eigenvalue weighted by molar-refractivity contribution is 0.0923. The van der Waals surface area contributed by atoms with E-state index in [2.05, 4.69) is 40.5 Å². The number of nitrogens with zero attached hydrogens (tertiary/aromatic N) is 3. The molecule has 5 nitrogen and oxygen atoms in total. The van der Waals surface area contributed by atoms with E-state index in [-0.39, 0.29) is 23.2 Å². The van der Waals surface area contributed by atoms with Crippen LogP contribution in [0.2, 0.25) is 0 Å². The minimum Gasteiger partial charge on any atom is -0.345 e. The van der Waals surface area contributed by atoms with Crippen LogP contribution >= 0.6 is 0 Å². The molecule has 1 fully saturated rings. The summed E-state index contributed by atoms with van der Waals surface area (Å²) in [6, 6.07) is 20.1. The van der Waals surface area contributed by atoms with E-state index >= 15 is 0 Å². The number of allylic oxidation sites excluding steroid dienone is 1. The number of amides is 1. The molecular weight excluding hydrogens is 463 g/mol. The molecule has 6 heteroatoms. The molecule has 6 rings (SSSR count). The predicted molar refractivity (Wildman–Crippen MR) is 142 cm³/mol. The van der Waals surface area contributed by atoms with Gasteiger partial charge in [-0.2, -0.15) is 5.10 Å². The highest BCUT2D eigenvalue weighted by molar-refractivity contribution is 5.94. The summed E-state index contributed by atoms with van der Waals surface area (Å²) < 4.78 is 15.4. The van der Waals surface area contributed by atoms with Gasteiger partial charge in [0, 0.05) is 18.0 Å². The summed E-state index contributed by atoms with van der Waals surface area (Å²) in [5.74, 6) is 0.0732. The fraction of sp³-hybridized carbons (Fsp3) is 0.258. The van der Waals surface area contributed by atoms with Crippen LogP contribution in [0.4, 0.5) is 4.39 Å². The van der Waals surface area contributed by atoms with Gasteiger partial charge in [-0.25, -0.2) is 9.07 Å². The molecule has 1 amide bonds. The number of halogens is 1. The highest BCUT2D eigenvalue weighted by atomic mass is 19.1. The molecule has 2 heterocycles. The van der Waals surface area contributed by atoms with E-state index < -0.39 is 0 Å². The Hall–Kier alpha value is -4.06. The fourth-order valence-electron chi connectivity index (χ4n) is 6.09. The van der Waals surface area contributed by atoms with E-state index in [1.54, 1.807) is 36.7 Å². The van der Waals surface area contributed by atoms with Gasteiger partial charge in [0.05, 0.1) is 23.6 Å². The second-order valence-corrected chi connectivity index (χ2v) is 10.4. The fourth-order valence-corrected chi connectivity index (χ4v) is 6.09. The van der Waals surface area contributed by atoms with Crippen LogP contribution in [0.25, 0.3) is 11.8 Å². The summed E-state index contributed by atoms with van der Waals surface area (Å²) in [4.78, 5) is 17.1. The Morgan fingerprint density at radius 3 is 2.62 bits per heavy atom. The molecule has 1 saturated carbocycles. The first-order valence-electron chi connectivity index (χ1n) is 12.8. The maximum atomic E-state index is 13.5. The molecule has 2 aromatic heterocycles. The van der Waals surface area contributed by atoms with Gasteiger partial charge in [-0.1, -0.05) is 42.8 Å². The Balaban J connectivity index is 1.27. The summed E-state index contributed by atoms with van der Waals surface area (Å²) in [5, 5.41) is 7.96. The summed E-state index contributed by atoms with van der Waals surface area (Å²) in [6.07, 6.45) is 11.4. The Kier molecular flexibility index (Phi) is 5.95. The van der Waals surface area contributed by atoms with Crippen LogP contribution in [-0.2, 0) is 6.42 Å². The molecule has 186 valence electrons. The molecule has 0 aliphatic heterocycles. The van der Waals surface area contributed by atoms with Crippen molar-refractivity contribution in [3.63, 3.8) is 0 Å². The van der Waals surface area contributed by atoms with E-state index in [1.807, 2.05) is 29.1 Å². The van der Waals surface area contributed by atoms with Gasteiger partial charge >= 0.3 is 0 Å². The first kappa shape index (κ1) is 23.3. The van der Waals surface area contributed by atoms with Crippen LogP contribution in [0, 0.1) is 17.2 Å². The monoisotopic (exact) mass is 492 g/mol. The van der Waals surface area contributed by atoms with Crippen LogP contribution in [0.5, 0.6) is 0 Å². The number of rotatable bonds is 6. The molecule has 3 atom stereocenters. The molecule has 0 radical (unpaired) electrons. The van der Waals surface area contributed by atoms with Crippen LogP contribution in [0.3, 0.4) is 0 Å². The maximum Gasteiger partial charge on any atom is 0.251 e. The summed E-state index contributed by atoms with van der Waals surface area (Å²) in [7, 11) is 0. The lowest BCUT2D eigenvalue weighted by Crippen LogP contribution is -2.34. The molecule has 0 saturated heterocycles. The Morgan fingerprint density at radius 2 is 1.86 bits per heavy atom. The number of fused-ring (bicyclic) bond motifs is 2. The third kappa shape index (κ3) is 4.37. The van der Waals surface area contributed by atoms with Crippen LogP contribution in [-0.4, -0.2) is 20.7 Å². The zero-order valence-electron chi connectivity index (χ0n) is 20.8. The van der Waals surface area contributed by atoms with Crippen molar-refractivity contribution in [2.75, 3.05) is 0 Å². The highest BCUT2D eigenvalue weighted by Crippen LogP contribution is 2.55. The summed E-state index contributed by atoms with van der Waals surface area (Å²) in [5.41, 5.74) is 6.32. The van der Waals surface area contributed by atoms with Crippen LogP contribution < -0.4 is 5.32 Å². The minimum atomic E-state index is -0.252. The smallest absolute Gasteiger partial charge is 0.251 e. The van der Waals surface area contributed by atoms with Gasteiger partial charge in [0.15, 0.2) is 0 Å². The second kappa shape index (κ2) is 9.43. The van der Waals surface area contributed by atoms with Crippen molar-refractivity contribution in [2.24, 2.45) is 11.3 Å². The first-order valence-corrected chi connectivity index (χ1v) is 12.8. The Labute approximate surface area is 216 Å². The molecule has 2 aliphatic carbocycles. The third-order valence-corrected chi connectivity index (χ3v) is 8.19. The number of hydrogen-bond acceptors (Lipinski definition) is 3. The molecule has 4 aromatic rings. The minimum absolute atomic E-state index is 0.00190. The topological polar surface area (TPSA) is 59.8 Å². The number of hydrogen-bond donors (Lipinski definition) is 1. The largest absolute Gasteiger partial charge is 0.345 e. The summed E-state index contributed by atoms with van der Waals surface area (Å²) >= 11 is 0. The van der Waals surface area contributed by atoms with E-state index in [0.717, 1.165) is 42.6 Å². The van der Waals surface area contributed by atoms with Crippen molar-refractivity contribution in [3.05, 3.63) is 119 Å². The lowest BCUT2D eigenvalue weighted by Gasteiger charge is -2.37. The van der Waals surface area contributed by atoms with Crippen LogP contribution in [0.15, 0.2) is 90.9 Å². The van der Waals surface area contributed by atoms with E-state index in [9.17, 15) is 9.18 Å². The number of nitrogens with one attached hydrogen (secondary N) is 1. The normalized spacial score (nSPS) is 21.0. The molecule has 2 aliphatic rings. The van der Waals surface area contributed by atoms with Gasteiger partial charge in [0.2, 0.25) is 0 Å². The van der Waals surface area contributed by atoms with Crippen molar-refractivity contribution in [1.82, 2.24) is 20.1 Å². The van der Waals surface area contributed by atoms with Gasteiger partial charge in [-0.15, -0.1) is 0 Å². The third-order valence-electron chi connectivity index (χ3n) is 8.19. The number of carbonyl (C=O) groups excluding carboxylic acids is 1. The van der Waals surface area contributed by atoms with Crippen molar-refractivity contribution in [1.29, 1.82) is 0 Å². The van der Waals surface area contributed by atoms with Gasteiger partial charge in [-0.3, -0.25) is 9.78 Å². The lowest BCUT2D eigenvalue weighted by atomic mass is 9.68. The Morgan fingerprint density at radius 1 is 1.11 bits per heavy atom. The SMILES string of the molecule is C[C@]12Cc3cnn(-c4ccc(F)cc4)c3C=C1CC[C@@H]2CC(NC(=O)c1ccncc1)c1ccccc1. The van der Waals surface area contributed by atoms with Gasteiger partial charge in [-0.05, 0) is 90.6 Å². The van der Waals surface area contributed by atoms with Crippen molar-refractivity contribution >= 4 is 12.0 Å².